The Labute approximate surface area is 182 Å². The summed E-state index contributed by atoms with van der Waals surface area (Å²) in [6.07, 6.45) is -12.4. The van der Waals surface area contributed by atoms with E-state index in [-0.39, 0.29) is 5.56 Å². The van der Waals surface area contributed by atoms with Crippen molar-refractivity contribution in [2.24, 2.45) is 0 Å². The van der Waals surface area contributed by atoms with Crippen LogP contribution in [0.25, 0.3) is 0 Å². The van der Waals surface area contributed by atoms with E-state index in [2.05, 4.69) is 4.74 Å². The Morgan fingerprint density at radius 2 is 1.21 bits per heavy atom. The van der Waals surface area contributed by atoms with E-state index >= 15 is 0 Å². The van der Waals surface area contributed by atoms with E-state index in [0.29, 0.717) is 7.11 Å². The van der Waals surface area contributed by atoms with E-state index in [1.165, 1.54) is 30.3 Å². The third-order valence-corrected chi connectivity index (χ3v) is 4.75. The highest BCUT2D eigenvalue weighted by Crippen LogP contribution is 2.61. The van der Waals surface area contributed by atoms with Gasteiger partial charge in [0, 0.05) is 0 Å². The number of methoxy groups -OCH3 is 1. The first-order chi connectivity index (χ1) is 15.0. The Kier molecular flexibility index (Phi) is 7.95. The summed E-state index contributed by atoms with van der Waals surface area (Å²) in [5.41, 5.74) is -3.59. The lowest BCUT2D eigenvalue weighted by Crippen LogP contribution is -2.70. The number of hydrogen-bond donors (Lipinski definition) is 1. The van der Waals surface area contributed by atoms with Crippen LogP contribution in [0.15, 0.2) is 30.3 Å². The lowest BCUT2D eigenvalue weighted by Gasteiger charge is -2.41. The number of carbonyl (C=O) groups excluding carboxylic acids is 1. The smallest absolute Gasteiger partial charge is 0.460 e. The van der Waals surface area contributed by atoms with Gasteiger partial charge >= 0.3 is 41.8 Å². The molecule has 0 spiro atoms. The van der Waals surface area contributed by atoms with Gasteiger partial charge in [-0.05, 0) is 18.4 Å². The molecule has 0 radical (unpaired) electrons. The van der Waals surface area contributed by atoms with Crippen LogP contribution < -0.4 is 0 Å². The van der Waals surface area contributed by atoms with Crippen LogP contribution in [0.2, 0.25) is 0 Å². The van der Waals surface area contributed by atoms with Crippen LogP contribution in [-0.4, -0.2) is 59.6 Å². The molecule has 0 fully saturated rings. The Morgan fingerprint density at radius 1 is 0.765 bits per heavy atom. The second kappa shape index (κ2) is 9.07. The largest absolute Gasteiger partial charge is 0.467 e. The maximum absolute atomic E-state index is 14.2. The second-order valence-electron chi connectivity index (χ2n) is 7.19. The number of aryl methyl sites for hydroxylation is 1. The van der Waals surface area contributed by atoms with Gasteiger partial charge in [0.25, 0.3) is 0 Å². The summed E-state index contributed by atoms with van der Waals surface area (Å²) in [6, 6.07) is 6.79. The summed E-state index contributed by atoms with van der Waals surface area (Å²) in [5.74, 6) is -40.3. The molecule has 34 heavy (non-hydrogen) atoms. The summed E-state index contributed by atoms with van der Waals surface area (Å²) in [6.45, 7) is 0. The van der Waals surface area contributed by atoms with Crippen LogP contribution in [0.1, 0.15) is 18.4 Å². The Hall–Kier alpha value is -2.26. The van der Waals surface area contributed by atoms with Gasteiger partial charge in [-0.25, -0.2) is 4.79 Å². The fraction of sp³-hybridized carbons (Fsp3) is 0.611. The molecule has 0 amide bonds. The van der Waals surface area contributed by atoms with Gasteiger partial charge in [-0.15, -0.1) is 0 Å². The number of ether oxygens (including phenoxy) is 1. The minimum absolute atomic E-state index is 0.182. The number of benzene rings is 1. The van der Waals surface area contributed by atoms with E-state index in [0.717, 1.165) is 0 Å². The standard InChI is InChI=1S/C18H15F13O3/c1-34-11(32)12(33,8-7-10-5-3-2-4-6-10)9-13(19,20)14(21,22)15(23,24)16(25,26)17(27,28)18(29,30)31/h2-6,33H,7-9H2,1H3. The summed E-state index contributed by atoms with van der Waals surface area (Å²) >= 11 is 0. The van der Waals surface area contributed by atoms with Crippen molar-refractivity contribution in [1.82, 2.24) is 0 Å². The van der Waals surface area contributed by atoms with Crippen molar-refractivity contribution >= 4 is 5.97 Å². The van der Waals surface area contributed by atoms with Crippen LogP contribution in [0, 0.1) is 0 Å². The molecule has 1 atom stereocenters. The average Bonchev–Trinajstić information content (AvgIpc) is 2.70. The highest BCUT2D eigenvalue weighted by atomic mass is 19.4. The Morgan fingerprint density at radius 3 is 1.62 bits per heavy atom. The first-order valence-corrected chi connectivity index (χ1v) is 8.82. The van der Waals surface area contributed by atoms with E-state index in [1.54, 1.807) is 0 Å². The van der Waals surface area contributed by atoms with Crippen molar-refractivity contribution in [3.63, 3.8) is 0 Å². The normalized spacial score (nSPS) is 16.2. The minimum Gasteiger partial charge on any atom is -0.467 e. The molecule has 1 unspecified atom stereocenters. The van der Waals surface area contributed by atoms with Crippen LogP contribution >= 0.6 is 0 Å². The first-order valence-electron chi connectivity index (χ1n) is 8.82. The third-order valence-electron chi connectivity index (χ3n) is 4.75. The number of carbonyl (C=O) groups is 1. The van der Waals surface area contributed by atoms with Crippen LogP contribution in [0.5, 0.6) is 0 Å². The molecule has 0 aliphatic heterocycles. The van der Waals surface area contributed by atoms with Crippen LogP contribution in [-0.2, 0) is 16.0 Å². The molecule has 0 saturated heterocycles. The number of rotatable bonds is 10. The van der Waals surface area contributed by atoms with Crippen molar-refractivity contribution in [1.29, 1.82) is 0 Å². The lowest BCUT2D eigenvalue weighted by molar-refractivity contribution is -0.441. The quantitative estimate of drug-likeness (QED) is 0.317. The summed E-state index contributed by atoms with van der Waals surface area (Å²) in [7, 11) is 0.443. The molecular formula is C18H15F13O3. The van der Waals surface area contributed by atoms with Gasteiger partial charge in [0.1, 0.15) is 0 Å². The zero-order valence-corrected chi connectivity index (χ0v) is 16.7. The highest BCUT2D eigenvalue weighted by Gasteiger charge is 2.90. The fourth-order valence-electron chi connectivity index (χ4n) is 2.73. The summed E-state index contributed by atoms with van der Waals surface area (Å²) in [4.78, 5) is 11.7. The van der Waals surface area contributed by atoms with E-state index in [1.807, 2.05) is 0 Å². The number of esters is 1. The molecular weight excluding hydrogens is 511 g/mol. The topological polar surface area (TPSA) is 46.5 Å². The molecule has 196 valence electrons. The van der Waals surface area contributed by atoms with E-state index < -0.39 is 66.6 Å². The van der Waals surface area contributed by atoms with Gasteiger partial charge in [0.05, 0.1) is 13.5 Å². The Balaban J connectivity index is 3.42. The molecule has 0 bridgehead atoms. The van der Waals surface area contributed by atoms with Crippen molar-refractivity contribution in [2.45, 2.75) is 60.7 Å². The molecule has 1 N–H and O–H groups in total. The van der Waals surface area contributed by atoms with Crippen molar-refractivity contribution < 1.29 is 71.7 Å². The van der Waals surface area contributed by atoms with Gasteiger partial charge in [-0.3, -0.25) is 0 Å². The van der Waals surface area contributed by atoms with E-state index in [9.17, 15) is 67.0 Å². The van der Waals surface area contributed by atoms with Crippen LogP contribution in [0.3, 0.4) is 0 Å². The number of alkyl halides is 13. The van der Waals surface area contributed by atoms with Crippen molar-refractivity contribution in [2.75, 3.05) is 7.11 Å². The third kappa shape index (κ3) is 4.91. The molecule has 0 aromatic heterocycles. The maximum atomic E-state index is 14.2. The maximum Gasteiger partial charge on any atom is 0.460 e. The summed E-state index contributed by atoms with van der Waals surface area (Å²) < 4.78 is 176. The molecule has 16 heteroatoms. The average molecular weight is 526 g/mol. The number of hydrogen-bond acceptors (Lipinski definition) is 3. The molecule has 1 aromatic carbocycles. The van der Waals surface area contributed by atoms with Gasteiger partial charge < -0.3 is 9.84 Å². The van der Waals surface area contributed by atoms with Gasteiger partial charge in [-0.1, -0.05) is 30.3 Å². The number of aliphatic hydroxyl groups is 1. The zero-order valence-electron chi connectivity index (χ0n) is 16.7. The predicted octanol–water partition coefficient (Wildman–Crippen LogP) is 5.65. The zero-order chi connectivity index (χ0) is 27.0. The van der Waals surface area contributed by atoms with Gasteiger partial charge in [-0.2, -0.15) is 57.1 Å². The molecule has 0 heterocycles. The molecule has 0 aliphatic rings. The monoisotopic (exact) mass is 526 g/mol. The predicted molar refractivity (Wildman–Crippen MR) is 87.1 cm³/mol. The lowest BCUT2D eigenvalue weighted by atomic mass is 9.84. The fourth-order valence-corrected chi connectivity index (χ4v) is 2.73. The molecule has 1 aromatic rings. The second-order valence-corrected chi connectivity index (χ2v) is 7.19. The number of halogens is 13. The molecule has 1 rings (SSSR count). The first kappa shape index (κ1) is 29.8. The van der Waals surface area contributed by atoms with Gasteiger partial charge in [0.15, 0.2) is 5.60 Å². The SMILES string of the molecule is COC(=O)C(O)(CCc1ccccc1)CC(F)(F)C(F)(F)C(F)(F)C(F)(F)C(F)(F)C(F)(F)F. The minimum atomic E-state index is -8.07. The Bertz CT molecular complexity index is 852. The molecule has 0 saturated carbocycles. The molecule has 0 aliphatic carbocycles. The van der Waals surface area contributed by atoms with Gasteiger partial charge in [0.2, 0.25) is 0 Å². The molecule has 3 nitrogen and oxygen atoms in total. The highest BCUT2D eigenvalue weighted by molar-refractivity contribution is 5.79. The van der Waals surface area contributed by atoms with Crippen LogP contribution in [0.4, 0.5) is 57.1 Å². The van der Waals surface area contributed by atoms with E-state index in [4.69, 9.17) is 0 Å². The summed E-state index contributed by atoms with van der Waals surface area (Å²) in [5, 5.41) is 10.1. The van der Waals surface area contributed by atoms with Crippen molar-refractivity contribution in [3.05, 3.63) is 35.9 Å². The van der Waals surface area contributed by atoms with Crippen molar-refractivity contribution in [3.8, 4) is 0 Å².